The molecule has 0 saturated carbocycles. The number of anilines is 2. The fraction of sp³-hybridized carbons (Fsp3) is 0.333. The third-order valence-electron chi connectivity index (χ3n) is 7.41. The van der Waals surface area contributed by atoms with E-state index in [0.29, 0.717) is 17.2 Å². The van der Waals surface area contributed by atoms with Crippen LogP contribution in [-0.2, 0) is 10.0 Å². The van der Waals surface area contributed by atoms with E-state index in [2.05, 4.69) is 10.0 Å². The molecule has 0 unspecified atom stereocenters. The molecular weight excluding hydrogens is 576 g/mol. The number of hydrogen-bond acceptors (Lipinski definition) is 8. The molecule has 0 bridgehead atoms. The molecule has 0 spiro atoms. The minimum Gasteiger partial charge on any atom is -0.485 e. The lowest BCUT2D eigenvalue weighted by Gasteiger charge is -2.38. The summed E-state index contributed by atoms with van der Waals surface area (Å²) in [6, 6.07) is 16.7. The van der Waals surface area contributed by atoms with Gasteiger partial charge in [0.05, 0.1) is 35.3 Å². The average molecular weight is 611 g/mol. The van der Waals surface area contributed by atoms with Crippen molar-refractivity contribution >= 4 is 33.3 Å². The first-order chi connectivity index (χ1) is 20.6. The summed E-state index contributed by atoms with van der Waals surface area (Å²) in [5, 5.41) is 12.8. The molecule has 3 atom stereocenters. The highest BCUT2D eigenvalue weighted by Crippen LogP contribution is 2.37. The summed E-state index contributed by atoms with van der Waals surface area (Å²) in [4.78, 5) is 29.9. The standard InChI is InChI=1S/C30H34N4O8S/c1-19-15-34(20(2)17-35)29(36)23-10-7-11-24(32-43(38,39)22-8-5-4-6-9-22)28(23)42-27(19)16-33(3)30(37)31-21-12-13-25-26(14-21)41-18-40-25/h4-14,19-20,27,32,35H,15-18H2,1-3H3,(H,31,37)/t19-,20+,27+/m1/s1. The Morgan fingerprint density at radius 1 is 1.09 bits per heavy atom. The largest absolute Gasteiger partial charge is 0.485 e. The van der Waals surface area contributed by atoms with E-state index >= 15 is 0 Å². The Balaban J connectivity index is 1.44. The van der Waals surface area contributed by atoms with E-state index in [1.54, 1.807) is 67.4 Å². The van der Waals surface area contributed by atoms with Gasteiger partial charge in [-0.25, -0.2) is 13.2 Å². The Hall–Kier alpha value is -4.49. The van der Waals surface area contributed by atoms with Gasteiger partial charge in [-0.1, -0.05) is 31.2 Å². The molecule has 0 saturated heterocycles. The molecule has 13 heteroatoms. The SMILES string of the molecule is C[C@@H]1CN([C@@H](C)CO)C(=O)c2cccc(NS(=O)(=O)c3ccccc3)c2O[C@H]1CN(C)C(=O)Nc1ccc2c(c1)OCO2. The molecule has 3 N–H and O–H groups in total. The lowest BCUT2D eigenvalue weighted by molar-refractivity contribution is 0.0373. The van der Waals surface area contributed by atoms with Gasteiger partial charge in [-0.3, -0.25) is 9.52 Å². The molecule has 228 valence electrons. The van der Waals surface area contributed by atoms with Crippen LogP contribution in [-0.4, -0.2) is 80.9 Å². The summed E-state index contributed by atoms with van der Waals surface area (Å²) >= 11 is 0. The average Bonchev–Trinajstić information content (AvgIpc) is 3.47. The number of ether oxygens (including phenoxy) is 3. The zero-order valence-corrected chi connectivity index (χ0v) is 24.8. The maximum absolute atomic E-state index is 13.7. The zero-order valence-electron chi connectivity index (χ0n) is 24.0. The lowest BCUT2D eigenvalue weighted by Crippen LogP contribution is -2.50. The number of para-hydroxylation sites is 1. The van der Waals surface area contributed by atoms with Gasteiger partial charge in [0.1, 0.15) is 6.10 Å². The Morgan fingerprint density at radius 3 is 2.58 bits per heavy atom. The third-order valence-corrected chi connectivity index (χ3v) is 8.79. The minimum absolute atomic E-state index is 0.0447. The number of nitrogens with zero attached hydrogens (tertiary/aromatic N) is 2. The number of hydrogen-bond donors (Lipinski definition) is 3. The van der Waals surface area contributed by atoms with Crippen LogP contribution in [0.2, 0.25) is 0 Å². The first kappa shape index (κ1) is 30.0. The van der Waals surface area contributed by atoms with Crippen molar-refractivity contribution in [2.45, 2.75) is 30.9 Å². The molecule has 2 aliphatic heterocycles. The molecule has 0 aromatic heterocycles. The lowest BCUT2D eigenvalue weighted by atomic mass is 9.99. The smallest absolute Gasteiger partial charge is 0.321 e. The molecule has 0 radical (unpaired) electrons. The summed E-state index contributed by atoms with van der Waals surface area (Å²) in [6.45, 7) is 3.80. The summed E-state index contributed by atoms with van der Waals surface area (Å²) in [5.41, 5.74) is 0.736. The summed E-state index contributed by atoms with van der Waals surface area (Å²) in [6.07, 6.45) is -0.657. The van der Waals surface area contributed by atoms with Gasteiger partial charge in [-0.05, 0) is 43.3 Å². The van der Waals surface area contributed by atoms with E-state index in [1.807, 2.05) is 6.92 Å². The van der Waals surface area contributed by atoms with Crippen molar-refractivity contribution in [3.8, 4) is 17.2 Å². The van der Waals surface area contributed by atoms with E-state index in [4.69, 9.17) is 14.2 Å². The molecule has 3 aromatic carbocycles. The third kappa shape index (κ3) is 6.47. The van der Waals surface area contributed by atoms with Crippen LogP contribution in [0.4, 0.5) is 16.2 Å². The monoisotopic (exact) mass is 610 g/mol. The number of benzene rings is 3. The van der Waals surface area contributed by atoms with Crippen LogP contribution in [0.15, 0.2) is 71.6 Å². The number of nitrogens with one attached hydrogen (secondary N) is 2. The van der Waals surface area contributed by atoms with Crippen molar-refractivity contribution in [2.75, 3.05) is 43.6 Å². The number of amides is 3. The molecule has 12 nitrogen and oxygen atoms in total. The summed E-state index contributed by atoms with van der Waals surface area (Å²) < 4.78 is 46.2. The Labute approximate surface area is 250 Å². The minimum atomic E-state index is -4.01. The predicted molar refractivity (Wildman–Crippen MR) is 159 cm³/mol. The predicted octanol–water partition coefficient (Wildman–Crippen LogP) is 3.60. The number of aliphatic hydroxyl groups excluding tert-OH is 1. The quantitative estimate of drug-likeness (QED) is 0.351. The van der Waals surface area contributed by atoms with Gasteiger partial charge in [0.2, 0.25) is 6.79 Å². The maximum Gasteiger partial charge on any atom is 0.321 e. The van der Waals surface area contributed by atoms with Crippen molar-refractivity contribution in [3.63, 3.8) is 0 Å². The van der Waals surface area contributed by atoms with Crippen LogP contribution in [0.3, 0.4) is 0 Å². The Bertz CT molecular complexity index is 1600. The topological polar surface area (TPSA) is 147 Å². The van der Waals surface area contributed by atoms with Gasteiger partial charge in [0.15, 0.2) is 17.2 Å². The van der Waals surface area contributed by atoms with Crippen LogP contribution >= 0.6 is 0 Å². The van der Waals surface area contributed by atoms with E-state index in [1.165, 1.54) is 23.1 Å². The second-order valence-electron chi connectivity index (χ2n) is 10.6. The van der Waals surface area contributed by atoms with E-state index in [-0.39, 0.29) is 54.3 Å². The van der Waals surface area contributed by atoms with Crippen molar-refractivity contribution in [2.24, 2.45) is 5.92 Å². The molecule has 5 rings (SSSR count). The Morgan fingerprint density at radius 2 is 1.84 bits per heavy atom. The first-order valence-electron chi connectivity index (χ1n) is 13.8. The van der Waals surface area contributed by atoms with Crippen molar-refractivity contribution in [1.82, 2.24) is 9.80 Å². The molecule has 0 aliphatic carbocycles. The van der Waals surface area contributed by atoms with Crippen LogP contribution in [0.1, 0.15) is 24.2 Å². The number of carbonyl (C=O) groups excluding carboxylic acids is 2. The fourth-order valence-corrected chi connectivity index (χ4v) is 5.97. The van der Waals surface area contributed by atoms with Crippen molar-refractivity contribution < 1.29 is 37.3 Å². The summed E-state index contributed by atoms with van der Waals surface area (Å²) in [5.74, 6) is 0.449. The van der Waals surface area contributed by atoms with Gasteiger partial charge < -0.3 is 34.4 Å². The fourth-order valence-electron chi connectivity index (χ4n) is 4.89. The van der Waals surface area contributed by atoms with Gasteiger partial charge in [0, 0.05) is 31.3 Å². The number of rotatable bonds is 8. The van der Waals surface area contributed by atoms with E-state index < -0.39 is 34.1 Å². The van der Waals surface area contributed by atoms with E-state index in [0.717, 1.165) is 0 Å². The highest BCUT2D eigenvalue weighted by Gasteiger charge is 2.35. The second kappa shape index (κ2) is 12.4. The van der Waals surface area contributed by atoms with Gasteiger partial charge in [0.25, 0.3) is 15.9 Å². The second-order valence-corrected chi connectivity index (χ2v) is 12.3. The molecule has 0 fully saturated rings. The molecule has 2 aliphatic rings. The van der Waals surface area contributed by atoms with Crippen LogP contribution in [0, 0.1) is 5.92 Å². The number of urea groups is 1. The van der Waals surface area contributed by atoms with Gasteiger partial charge >= 0.3 is 6.03 Å². The van der Waals surface area contributed by atoms with Crippen LogP contribution in [0.5, 0.6) is 17.2 Å². The number of carbonyl (C=O) groups is 2. The van der Waals surface area contributed by atoms with Crippen molar-refractivity contribution in [3.05, 3.63) is 72.3 Å². The normalized spacial score (nSPS) is 18.5. The molecular formula is C30H34N4O8S. The zero-order chi connectivity index (χ0) is 30.7. The summed E-state index contributed by atoms with van der Waals surface area (Å²) in [7, 11) is -2.40. The van der Waals surface area contributed by atoms with Crippen LogP contribution < -0.4 is 24.2 Å². The highest BCUT2D eigenvalue weighted by molar-refractivity contribution is 7.92. The van der Waals surface area contributed by atoms with Gasteiger partial charge in [-0.15, -0.1) is 0 Å². The molecule has 2 heterocycles. The number of fused-ring (bicyclic) bond motifs is 2. The highest BCUT2D eigenvalue weighted by atomic mass is 32.2. The number of likely N-dealkylation sites (N-methyl/N-ethyl adjacent to an activating group) is 1. The molecule has 3 aromatic rings. The number of aliphatic hydroxyl groups is 1. The molecule has 43 heavy (non-hydrogen) atoms. The maximum atomic E-state index is 13.7. The van der Waals surface area contributed by atoms with Crippen molar-refractivity contribution in [1.29, 1.82) is 0 Å². The van der Waals surface area contributed by atoms with E-state index in [9.17, 15) is 23.1 Å². The van der Waals surface area contributed by atoms with Gasteiger partial charge in [-0.2, -0.15) is 0 Å². The van der Waals surface area contributed by atoms with Crippen LogP contribution in [0.25, 0.3) is 0 Å². The molecule has 3 amide bonds. The first-order valence-corrected chi connectivity index (χ1v) is 15.3. The Kier molecular flexibility index (Phi) is 8.64. The number of sulfonamides is 1.